The molecule has 1 aliphatic heterocycles. The topological polar surface area (TPSA) is 62.9 Å². The monoisotopic (exact) mass is 239 g/mol. The summed E-state index contributed by atoms with van der Waals surface area (Å²) in [7, 11) is 3.25. The predicted molar refractivity (Wildman–Crippen MR) is 60.7 cm³/mol. The number of hydrogen-bond donors (Lipinski definition) is 1. The third-order valence-electron chi connectivity index (χ3n) is 3.35. The van der Waals surface area contributed by atoms with Crippen molar-refractivity contribution in [1.29, 1.82) is 0 Å². The highest BCUT2D eigenvalue weighted by Gasteiger charge is 2.43. The van der Waals surface area contributed by atoms with Crippen LogP contribution in [-0.2, 0) is 10.3 Å². The van der Waals surface area contributed by atoms with Gasteiger partial charge in [0.2, 0.25) is 5.76 Å². The molecule has 1 fully saturated rings. The molecular formula is C12H17NO4. The van der Waals surface area contributed by atoms with E-state index in [-0.39, 0.29) is 11.8 Å². The molecule has 0 amide bonds. The Balaban J connectivity index is 2.23. The minimum absolute atomic E-state index is 0.123. The van der Waals surface area contributed by atoms with Crippen molar-refractivity contribution in [2.45, 2.75) is 25.0 Å². The zero-order valence-corrected chi connectivity index (χ0v) is 10.3. The van der Waals surface area contributed by atoms with E-state index in [0.717, 1.165) is 0 Å². The molecule has 1 aliphatic rings. The van der Waals surface area contributed by atoms with Crippen LogP contribution < -0.4 is 0 Å². The Bertz CT molecular complexity index is 416. The first-order valence-electron chi connectivity index (χ1n) is 5.57. The van der Waals surface area contributed by atoms with Gasteiger partial charge in [0.15, 0.2) is 0 Å². The van der Waals surface area contributed by atoms with Gasteiger partial charge in [0, 0.05) is 12.6 Å². The van der Waals surface area contributed by atoms with E-state index in [4.69, 9.17) is 4.42 Å². The molecule has 1 N–H and O–H groups in total. The van der Waals surface area contributed by atoms with Crippen molar-refractivity contribution in [3.8, 4) is 0 Å². The molecule has 94 valence electrons. The van der Waals surface area contributed by atoms with Crippen LogP contribution in [0.4, 0.5) is 0 Å². The molecule has 0 bridgehead atoms. The maximum absolute atomic E-state index is 11.3. The Morgan fingerprint density at radius 1 is 1.65 bits per heavy atom. The first kappa shape index (κ1) is 12.1. The number of esters is 1. The van der Waals surface area contributed by atoms with E-state index in [1.54, 1.807) is 6.07 Å². The fourth-order valence-electron chi connectivity index (χ4n) is 2.25. The Labute approximate surface area is 100.0 Å². The third-order valence-corrected chi connectivity index (χ3v) is 3.35. The van der Waals surface area contributed by atoms with E-state index < -0.39 is 11.6 Å². The molecule has 1 saturated heterocycles. The molecule has 1 aromatic rings. The molecule has 5 heteroatoms. The third kappa shape index (κ3) is 2.08. The van der Waals surface area contributed by atoms with E-state index >= 15 is 0 Å². The van der Waals surface area contributed by atoms with Crippen LogP contribution in [0.3, 0.4) is 0 Å². The summed E-state index contributed by atoms with van der Waals surface area (Å²) in [6.07, 6.45) is 0.595. The van der Waals surface area contributed by atoms with Gasteiger partial charge in [-0.3, -0.25) is 0 Å². The number of methoxy groups -OCH3 is 1. The van der Waals surface area contributed by atoms with Crippen molar-refractivity contribution in [2.24, 2.45) is 0 Å². The number of carbonyl (C=O) groups excluding carboxylic acids is 1. The Morgan fingerprint density at radius 3 is 2.88 bits per heavy atom. The Kier molecular flexibility index (Phi) is 2.97. The highest BCUT2D eigenvalue weighted by molar-refractivity contribution is 5.86. The molecular weight excluding hydrogens is 222 g/mol. The number of furan rings is 1. The average Bonchev–Trinajstić information content (AvgIpc) is 2.85. The van der Waals surface area contributed by atoms with Crippen LogP contribution >= 0.6 is 0 Å². The second kappa shape index (κ2) is 4.16. The highest BCUT2D eigenvalue weighted by atomic mass is 16.5. The summed E-state index contributed by atoms with van der Waals surface area (Å²) in [5.74, 6) is 0.0199. The number of hydrogen-bond acceptors (Lipinski definition) is 5. The summed E-state index contributed by atoms with van der Waals surface area (Å²) in [6, 6.07) is 3.45. The average molecular weight is 239 g/mol. The molecule has 2 atom stereocenters. The number of nitrogens with zero attached hydrogens (tertiary/aromatic N) is 1. The molecule has 0 radical (unpaired) electrons. The molecule has 1 aromatic heterocycles. The SMILES string of the molecule is COC(=O)c1ccc(C2(O)CC(C)N(C)C2)o1. The maximum Gasteiger partial charge on any atom is 0.373 e. The van der Waals surface area contributed by atoms with Gasteiger partial charge in [-0.15, -0.1) is 0 Å². The zero-order chi connectivity index (χ0) is 12.6. The quantitative estimate of drug-likeness (QED) is 0.779. The standard InChI is InChI=1S/C12H17NO4/c1-8-6-12(15,7-13(8)2)10-5-4-9(17-10)11(14)16-3/h4-5,8,15H,6-7H2,1-3H3. The zero-order valence-electron chi connectivity index (χ0n) is 10.3. The fraction of sp³-hybridized carbons (Fsp3) is 0.583. The van der Waals surface area contributed by atoms with Crippen molar-refractivity contribution in [3.63, 3.8) is 0 Å². The first-order chi connectivity index (χ1) is 7.96. The lowest BCUT2D eigenvalue weighted by Gasteiger charge is -2.19. The van der Waals surface area contributed by atoms with Crippen LogP contribution in [0.15, 0.2) is 16.5 Å². The van der Waals surface area contributed by atoms with E-state index in [0.29, 0.717) is 18.7 Å². The minimum atomic E-state index is -1.01. The summed E-state index contributed by atoms with van der Waals surface area (Å²) >= 11 is 0. The van der Waals surface area contributed by atoms with Gasteiger partial charge in [0.1, 0.15) is 11.4 Å². The van der Waals surface area contributed by atoms with Crippen molar-refractivity contribution in [1.82, 2.24) is 4.90 Å². The smallest absolute Gasteiger partial charge is 0.373 e. The molecule has 2 rings (SSSR count). The Hall–Kier alpha value is -1.33. The number of likely N-dealkylation sites (N-methyl/N-ethyl adjacent to an activating group) is 1. The summed E-state index contributed by atoms with van der Waals surface area (Å²) in [4.78, 5) is 13.3. The number of rotatable bonds is 2. The van der Waals surface area contributed by atoms with Crippen LogP contribution in [0.1, 0.15) is 29.7 Å². The van der Waals surface area contributed by atoms with Gasteiger partial charge in [0.25, 0.3) is 0 Å². The number of β-amino-alcohol motifs (C(OH)–C–C–N with tert-alkyl or cyclic N) is 1. The van der Waals surface area contributed by atoms with Crippen LogP contribution in [-0.4, -0.2) is 42.7 Å². The van der Waals surface area contributed by atoms with Gasteiger partial charge in [-0.05, 0) is 32.5 Å². The van der Waals surface area contributed by atoms with Crippen molar-refractivity contribution in [3.05, 3.63) is 23.7 Å². The van der Waals surface area contributed by atoms with E-state index in [1.165, 1.54) is 13.2 Å². The molecule has 0 aliphatic carbocycles. The van der Waals surface area contributed by atoms with Crippen LogP contribution in [0, 0.1) is 0 Å². The number of aliphatic hydroxyl groups is 1. The normalized spacial score (nSPS) is 29.5. The summed E-state index contributed by atoms with van der Waals surface area (Å²) in [5.41, 5.74) is -1.01. The lowest BCUT2D eigenvalue weighted by atomic mass is 9.98. The van der Waals surface area contributed by atoms with E-state index in [2.05, 4.69) is 9.64 Å². The predicted octanol–water partition coefficient (Wildman–Crippen LogP) is 0.978. The molecule has 0 aromatic carbocycles. The van der Waals surface area contributed by atoms with Gasteiger partial charge in [0.05, 0.1) is 7.11 Å². The first-order valence-corrected chi connectivity index (χ1v) is 5.57. The van der Waals surface area contributed by atoms with Gasteiger partial charge >= 0.3 is 5.97 Å². The molecule has 0 spiro atoms. The van der Waals surface area contributed by atoms with Crippen molar-refractivity contribution in [2.75, 3.05) is 20.7 Å². The minimum Gasteiger partial charge on any atom is -0.463 e. The molecule has 2 heterocycles. The van der Waals surface area contributed by atoms with E-state index in [1.807, 2.05) is 14.0 Å². The van der Waals surface area contributed by atoms with Crippen LogP contribution in [0.25, 0.3) is 0 Å². The maximum atomic E-state index is 11.3. The molecule has 17 heavy (non-hydrogen) atoms. The fourth-order valence-corrected chi connectivity index (χ4v) is 2.25. The second-order valence-corrected chi connectivity index (χ2v) is 4.66. The molecule has 2 unspecified atom stereocenters. The lowest BCUT2D eigenvalue weighted by molar-refractivity contribution is 0.0234. The summed E-state index contributed by atoms with van der Waals surface area (Å²) in [6.45, 7) is 2.55. The van der Waals surface area contributed by atoms with Gasteiger partial charge in [-0.25, -0.2) is 4.79 Å². The highest BCUT2D eigenvalue weighted by Crippen LogP contribution is 2.35. The summed E-state index contributed by atoms with van der Waals surface area (Å²) in [5, 5.41) is 10.5. The van der Waals surface area contributed by atoms with Gasteiger partial charge in [-0.2, -0.15) is 0 Å². The largest absolute Gasteiger partial charge is 0.463 e. The van der Waals surface area contributed by atoms with Crippen molar-refractivity contribution < 1.29 is 19.1 Å². The second-order valence-electron chi connectivity index (χ2n) is 4.66. The van der Waals surface area contributed by atoms with Crippen LogP contribution in [0.5, 0.6) is 0 Å². The number of likely N-dealkylation sites (tertiary alicyclic amines) is 1. The summed E-state index contributed by atoms with van der Waals surface area (Å²) < 4.78 is 9.93. The molecule has 0 saturated carbocycles. The van der Waals surface area contributed by atoms with Crippen molar-refractivity contribution >= 4 is 5.97 Å². The number of carbonyl (C=O) groups is 1. The van der Waals surface area contributed by atoms with E-state index in [9.17, 15) is 9.90 Å². The molecule has 5 nitrogen and oxygen atoms in total. The van der Waals surface area contributed by atoms with Gasteiger partial charge < -0.3 is 19.2 Å². The lowest BCUT2D eigenvalue weighted by Crippen LogP contribution is -2.28. The number of ether oxygens (including phenoxy) is 1. The van der Waals surface area contributed by atoms with Gasteiger partial charge in [-0.1, -0.05) is 0 Å². The van der Waals surface area contributed by atoms with Crippen LogP contribution in [0.2, 0.25) is 0 Å². The Morgan fingerprint density at radius 2 is 2.35 bits per heavy atom.